The molecule has 1 fully saturated rings. The van der Waals surface area contributed by atoms with Gasteiger partial charge in [0.2, 0.25) is 0 Å². The van der Waals surface area contributed by atoms with E-state index in [-0.39, 0.29) is 10.7 Å². The first-order chi connectivity index (χ1) is 7.66. The predicted molar refractivity (Wildman–Crippen MR) is 59.3 cm³/mol. The van der Waals surface area contributed by atoms with Gasteiger partial charge in [0, 0.05) is 31.7 Å². The fourth-order valence-electron chi connectivity index (χ4n) is 1.68. The zero-order valence-electron chi connectivity index (χ0n) is 8.59. The van der Waals surface area contributed by atoms with Gasteiger partial charge < -0.3 is 10.2 Å². The molecule has 1 saturated heterocycles. The molecule has 0 aliphatic carbocycles. The number of nitrogens with one attached hydrogen (secondary N) is 1. The second kappa shape index (κ2) is 4.93. The molecule has 3 nitrogen and oxygen atoms in total. The number of pyridine rings is 1. The molecule has 2 rings (SSSR count). The van der Waals surface area contributed by atoms with Crippen LogP contribution in [0.25, 0.3) is 0 Å². The molecule has 2 heterocycles. The molecular formula is C10H12ClF2N3. The number of hydrogen-bond donors (Lipinski definition) is 1. The molecule has 16 heavy (non-hydrogen) atoms. The summed E-state index contributed by atoms with van der Waals surface area (Å²) in [5.74, 6) is 0.532. The van der Waals surface area contributed by atoms with Crippen LogP contribution in [0.4, 0.5) is 14.6 Å². The van der Waals surface area contributed by atoms with Crippen molar-refractivity contribution in [1.29, 1.82) is 0 Å². The maximum atomic E-state index is 12.6. The Hall–Kier alpha value is -0.940. The van der Waals surface area contributed by atoms with Crippen LogP contribution in [0.3, 0.4) is 0 Å². The van der Waals surface area contributed by atoms with Crippen molar-refractivity contribution in [2.24, 2.45) is 0 Å². The average Bonchev–Trinajstić information content (AvgIpc) is 2.29. The van der Waals surface area contributed by atoms with Crippen molar-refractivity contribution in [2.75, 3.05) is 31.1 Å². The summed E-state index contributed by atoms with van der Waals surface area (Å²) in [7, 11) is 0. The molecule has 0 saturated carbocycles. The van der Waals surface area contributed by atoms with Crippen molar-refractivity contribution in [3.63, 3.8) is 0 Å². The van der Waals surface area contributed by atoms with Crippen LogP contribution < -0.4 is 10.2 Å². The molecule has 0 atom stereocenters. The van der Waals surface area contributed by atoms with Crippen molar-refractivity contribution in [2.45, 2.75) is 6.43 Å². The number of alkyl halides is 2. The number of rotatable bonds is 2. The number of piperazine rings is 1. The van der Waals surface area contributed by atoms with Crippen LogP contribution in [0.15, 0.2) is 12.1 Å². The zero-order chi connectivity index (χ0) is 11.5. The van der Waals surface area contributed by atoms with Crippen LogP contribution in [0.2, 0.25) is 5.15 Å². The fourth-order valence-corrected chi connectivity index (χ4v) is 1.90. The lowest BCUT2D eigenvalue weighted by atomic mass is 10.2. The van der Waals surface area contributed by atoms with Gasteiger partial charge >= 0.3 is 0 Å². The molecular weight excluding hydrogens is 236 g/mol. The van der Waals surface area contributed by atoms with E-state index < -0.39 is 6.43 Å². The third-order valence-electron chi connectivity index (χ3n) is 2.50. The summed E-state index contributed by atoms with van der Waals surface area (Å²) in [6, 6.07) is 2.61. The minimum absolute atomic E-state index is 0.0754. The second-order valence-electron chi connectivity index (χ2n) is 3.62. The maximum absolute atomic E-state index is 12.6. The highest BCUT2D eigenvalue weighted by Gasteiger charge is 2.16. The lowest BCUT2D eigenvalue weighted by Crippen LogP contribution is -2.43. The summed E-state index contributed by atoms with van der Waals surface area (Å²) in [5.41, 5.74) is -0.0754. The summed E-state index contributed by atoms with van der Waals surface area (Å²) >= 11 is 5.73. The van der Waals surface area contributed by atoms with E-state index in [0.29, 0.717) is 5.82 Å². The summed E-state index contributed by atoms with van der Waals surface area (Å²) in [6.07, 6.45) is -2.51. The van der Waals surface area contributed by atoms with Crippen molar-refractivity contribution in [1.82, 2.24) is 10.3 Å². The van der Waals surface area contributed by atoms with E-state index in [1.165, 1.54) is 12.1 Å². The van der Waals surface area contributed by atoms with Gasteiger partial charge in [-0.15, -0.1) is 0 Å². The highest BCUT2D eigenvalue weighted by Crippen LogP contribution is 2.25. The largest absolute Gasteiger partial charge is 0.354 e. The molecule has 1 aromatic heterocycles. The molecule has 6 heteroatoms. The third-order valence-corrected chi connectivity index (χ3v) is 2.69. The van der Waals surface area contributed by atoms with E-state index in [1.54, 1.807) is 0 Å². The third kappa shape index (κ3) is 2.59. The number of anilines is 1. The zero-order valence-corrected chi connectivity index (χ0v) is 9.34. The highest BCUT2D eigenvalue weighted by molar-refractivity contribution is 6.29. The summed E-state index contributed by atoms with van der Waals surface area (Å²) in [6.45, 7) is 3.18. The molecule has 1 aromatic rings. The Bertz CT molecular complexity index is 367. The minimum atomic E-state index is -2.51. The van der Waals surface area contributed by atoms with Crippen molar-refractivity contribution in [3.8, 4) is 0 Å². The van der Waals surface area contributed by atoms with Gasteiger partial charge in [-0.25, -0.2) is 13.8 Å². The van der Waals surface area contributed by atoms with Crippen LogP contribution in [0.5, 0.6) is 0 Å². The Kier molecular flexibility index (Phi) is 3.56. The molecule has 1 aliphatic rings. The minimum Gasteiger partial charge on any atom is -0.354 e. The van der Waals surface area contributed by atoms with Gasteiger partial charge in [-0.3, -0.25) is 0 Å². The van der Waals surface area contributed by atoms with E-state index in [1.807, 2.05) is 4.90 Å². The van der Waals surface area contributed by atoms with Gasteiger partial charge in [0.05, 0.1) is 0 Å². The lowest BCUT2D eigenvalue weighted by Gasteiger charge is -2.28. The number of aromatic nitrogens is 1. The van der Waals surface area contributed by atoms with E-state index in [9.17, 15) is 8.78 Å². The van der Waals surface area contributed by atoms with E-state index in [4.69, 9.17) is 11.6 Å². The fraction of sp³-hybridized carbons (Fsp3) is 0.500. The molecule has 0 unspecified atom stereocenters. The first-order valence-corrected chi connectivity index (χ1v) is 5.46. The van der Waals surface area contributed by atoms with Crippen molar-refractivity contribution >= 4 is 17.4 Å². The summed E-state index contributed by atoms with van der Waals surface area (Å²) < 4.78 is 25.2. The Morgan fingerprint density at radius 3 is 2.62 bits per heavy atom. The molecule has 1 N–H and O–H groups in total. The van der Waals surface area contributed by atoms with E-state index in [0.717, 1.165) is 26.2 Å². The van der Waals surface area contributed by atoms with Crippen LogP contribution in [0.1, 0.15) is 12.0 Å². The monoisotopic (exact) mass is 247 g/mol. The van der Waals surface area contributed by atoms with Gasteiger partial charge in [-0.2, -0.15) is 0 Å². The second-order valence-corrected chi connectivity index (χ2v) is 4.01. The standard InChI is InChI=1S/C10H12ClF2N3/c11-8-5-7(10(12)13)6-9(15-8)16-3-1-14-2-4-16/h5-6,10,14H,1-4H2. The SMILES string of the molecule is FC(F)c1cc(Cl)nc(N2CCNCC2)c1. The van der Waals surface area contributed by atoms with Crippen molar-refractivity contribution < 1.29 is 8.78 Å². The summed E-state index contributed by atoms with van der Waals surface area (Å²) in [4.78, 5) is 6.02. The maximum Gasteiger partial charge on any atom is 0.264 e. The van der Waals surface area contributed by atoms with Crippen LogP contribution in [-0.2, 0) is 0 Å². The molecule has 1 aliphatic heterocycles. The Labute approximate surface area is 97.4 Å². The van der Waals surface area contributed by atoms with Crippen LogP contribution in [0, 0.1) is 0 Å². The molecule has 0 bridgehead atoms. The van der Waals surface area contributed by atoms with E-state index >= 15 is 0 Å². The van der Waals surface area contributed by atoms with Gasteiger partial charge in [0.15, 0.2) is 0 Å². The average molecular weight is 248 g/mol. The molecule has 0 radical (unpaired) electrons. The molecule has 0 amide bonds. The number of hydrogen-bond acceptors (Lipinski definition) is 3. The summed E-state index contributed by atoms with van der Waals surface area (Å²) in [5, 5.41) is 3.30. The molecule has 0 spiro atoms. The molecule has 88 valence electrons. The van der Waals surface area contributed by atoms with Crippen molar-refractivity contribution in [3.05, 3.63) is 22.8 Å². The Morgan fingerprint density at radius 2 is 2.00 bits per heavy atom. The van der Waals surface area contributed by atoms with Crippen LogP contribution in [-0.4, -0.2) is 31.2 Å². The lowest BCUT2D eigenvalue weighted by molar-refractivity contribution is 0.151. The first kappa shape index (κ1) is 11.5. The molecule has 0 aromatic carbocycles. The van der Waals surface area contributed by atoms with Gasteiger partial charge in [-0.1, -0.05) is 11.6 Å². The van der Waals surface area contributed by atoms with E-state index in [2.05, 4.69) is 10.3 Å². The van der Waals surface area contributed by atoms with Gasteiger partial charge in [-0.05, 0) is 12.1 Å². The number of nitrogens with zero attached hydrogens (tertiary/aromatic N) is 2. The van der Waals surface area contributed by atoms with Crippen LogP contribution >= 0.6 is 11.6 Å². The van der Waals surface area contributed by atoms with Gasteiger partial charge in [0.25, 0.3) is 6.43 Å². The normalized spacial score (nSPS) is 16.9. The first-order valence-electron chi connectivity index (χ1n) is 5.08. The topological polar surface area (TPSA) is 28.2 Å². The number of halogens is 3. The predicted octanol–water partition coefficient (Wildman–Crippen LogP) is 2.08. The quantitative estimate of drug-likeness (QED) is 0.811. The highest BCUT2D eigenvalue weighted by atomic mass is 35.5. The Morgan fingerprint density at radius 1 is 1.31 bits per heavy atom. The smallest absolute Gasteiger partial charge is 0.264 e. The Balaban J connectivity index is 2.25. The van der Waals surface area contributed by atoms with Gasteiger partial charge in [0.1, 0.15) is 11.0 Å².